The molecule has 60 valence electrons. The molecule has 2 aromatic heterocycles. The third kappa shape index (κ3) is 0.851. The smallest absolute Gasteiger partial charge is 0.174 e. The number of rotatable bonds is 0. The minimum absolute atomic E-state index is 1.17. The van der Waals surface area contributed by atoms with Crippen molar-refractivity contribution in [3.63, 3.8) is 0 Å². The lowest BCUT2D eigenvalue weighted by molar-refractivity contribution is 1.13. The van der Waals surface area contributed by atoms with Gasteiger partial charge in [0.1, 0.15) is 0 Å². The quantitative estimate of drug-likeness (QED) is 0.513. The summed E-state index contributed by atoms with van der Waals surface area (Å²) in [6.07, 6.45) is 11.4. The zero-order valence-corrected chi connectivity index (χ0v) is 7.07. The first-order valence-corrected chi connectivity index (χ1v) is 4.32. The molecule has 1 heteroatoms. The minimum atomic E-state index is 1.17. The molecule has 0 bridgehead atoms. The van der Waals surface area contributed by atoms with E-state index in [2.05, 4.69) is 34.9 Å². The maximum atomic E-state index is 3.22. The molecule has 2 aromatic rings. The number of hydrogen-bond acceptors (Lipinski definition) is 0. The second-order valence-corrected chi connectivity index (χ2v) is 3.11. The lowest BCUT2D eigenvalue weighted by Gasteiger charge is -1.87. The Kier molecular flexibility index (Phi) is 1.18. The van der Waals surface area contributed by atoms with E-state index in [0.29, 0.717) is 0 Å². The number of hydrogen-bond donors (Lipinski definition) is 0. The molecule has 1 aliphatic rings. The van der Waals surface area contributed by atoms with Crippen LogP contribution in [0.4, 0.5) is 0 Å². The fourth-order valence-electron chi connectivity index (χ4n) is 1.71. The second-order valence-electron chi connectivity index (χ2n) is 3.11. The van der Waals surface area contributed by atoms with Crippen LogP contribution in [0, 0.1) is 0 Å². The molecule has 0 atom stereocenters. The van der Waals surface area contributed by atoms with E-state index in [1.165, 1.54) is 16.1 Å². The third-order valence-electron chi connectivity index (χ3n) is 2.31. The zero-order valence-electron chi connectivity index (χ0n) is 7.07. The lowest BCUT2D eigenvalue weighted by atomic mass is 10.3. The van der Waals surface area contributed by atoms with E-state index < -0.39 is 0 Å². The molecule has 1 aliphatic carbocycles. The van der Waals surface area contributed by atoms with E-state index in [1.54, 1.807) is 0 Å². The molecule has 0 aromatic carbocycles. The number of pyridine rings is 1. The summed E-state index contributed by atoms with van der Waals surface area (Å²) in [7, 11) is 0. The summed E-state index contributed by atoms with van der Waals surface area (Å²) in [6.45, 7) is 0. The minimum Gasteiger partial charge on any atom is -0.266 e. The van der Waals surface area contributed by atoms with Gasteiger partial charge in [0.15, 0.2) is 10.6 Å². The summed E-state index contributed by atoms with van der Waals surface area (Å²) in [5, 5.41) is 2.40. The molecular weight excluding hydrogens is 158 g/mol. The van der Waals surface area contributed by atoms with Gasteiger partial charge in [0.25, 0.3) is 0 Å². The Morgan fingerprint density at radius 3 is 3.23 bits per heavy atom. The predicted octanol–water partition coefficient (Wildman–Crippen LogP) is 0.947. The van der Waals surface area contributed by atoms with Crippen molar-refractivity contribution >= 4 is 17.7 Å². The maximum absolute atomic E-state index is 3.22. The predicted molar refractivity (Wildman–Crippen MR) is 53.7 cm³/mol. The fraction of sp³-hybridized carbons (Fsp3) is 0. The molecule has 0 saturated heterocycles. The van der Waals surface area contributed by atoms with Crippen LogP contribution in [0.2, 0.25) is 0 Å². The summed E-state index contributed by atoms with van der Waals surface area (Å²) in [6, 6.07) is 8.34. The van der Waals surface area contributed by atoms with Crippen molar-refractivity contribution in [1.29, 1.82) is 0 Å². The average Bonchev–Trinajstić information content (AvgIpc) is 2.56. The van der Waals surface area contributed by atoms with Gasteiger partial charge in [0.2, 0.25) is 0 Å². The highest BCUT2D eigenvalue weighted by Crippen LogP contribution is 1.97. The van der Waals surface area contributed by atoms with Crippen molar-refractivity contribution in [2.75, 3.05) is 0 Å². The lowest BCUT2D eigenvalue weighted by Crippen LogP contribution is -2.25. The highest BCUT2D eigenvalue weighted by molar-refractivity contribution is 5.58. The number of fused-ring (bicyclic) bond motifs is 3. The van der Waals surface area contributed by atoms with Crippen molar-refractivity contribution in [1.82, 2.24) is 4.40 Å². The van der Waals surface area contributed by atoms with Gasteiger partial charge >= 0.3 is 0 Å². The largest absolute Gasteiger partial charge is 0.266 e. The summed E-state index contributed by atoms with van der Waals surface area (Å²) >= 11 is 0. The molecule has 0 spiro atoms. The second kappa shape index (κ2) is 2.32. The molecule has 0 aliphatic heterocycles. The van der Waals surface area contributed by atoms with Gasteiger partial charge in [-0.3, -0.25) is 4.40 Å². The summed E-state index contributed by atoms with van der Waals surface area (Å²) in [5.74, 6) is 0. The van der Waals surface area contributed by atoms with E-state index in [0.717, 1.165) is 0 Å². The first-order valence-electron chi connectivity index (χ1n) is 4.32. The molecule has 3 rings (SSSR count). The van der Waals surface area contributed by atoms with Gasteiger partial charge in [-0.05, 0) is 12.1 Å². The standard InChI is InChI=1S/C12H8N/c1-2-7-12-10(5-1)9-11-6-3-4-8-13(11)12/h1-4,6-9H/q+1. The summed E-state index contributed by atoms with van der Waals surface area (Å²) in [4.78, 5) is 0. The van der Waals surface area contributed by atoms with Crippen LogP contribution in [-0.2, 0) is 0 Å². The average molecular weight is 166 g/mol. The van der Waals surface area contributed by atoms with Gasteiger partial charge in [0.05, 0.1) is 17.7 Å². The summed E-state index contributed by atoms with van der Waals surface area (Å²) < 4.78 is 2.17. The number of allylic oxidation sites excluding steroid dienone is 2. The Labute approximate surface area is 75.9 Å². The van der Waals surface area contributed by atoms with Crippen LogP contribution in [0.5, 0.6) is 0 Å². The zero-order chi connectivity index (χ0) is 8.67. The van der Waals surface area contributed by atoms with E-state index in [4.69, 9.17) is 0 Å². The molecule has 1 nitrogen and oxygen atoms in total. The van der Waals surface area contributed by atoms with E-state index in [-0.39, 0.29) is 0 Å². The monoisotopic (exact) mass is 166 g/mol. The summed E-state index contributed by atoms with van der Waals surface area (Å²) in [5.41, 5.74) is 1.22. The normalized spacial score (nSPS) is 12.9. The van der Waals surface area contributed by atoms with Crippen molar-refractivity contribution in [3.8, 4) is 0 Å². The first kappa shape index (κ1) is 6.64. The molecule has 0 unspecified atom stereocenters. The number of nitrogens with zero attached hydrogens (tertiary/aromatic N) is 1. The van der Waals surface area contributed by atoms with Gasteiger partial charge in [-0.2, -0.15) is 0 Å². The third-order valence-corrected chi connectivity index (χ3v) is 2.31. The molecule has 0 fully saturated rings. The van der Waals surface area contributed by atoms with Gasteiger partial charge in [0, 0.05) is 24.4 Å². The Morgan fingerprint density at radius 1 is 1.23 bits per heavy atom. The van der Waals surface area contributed by atoms with E-state index >= 15 is 0 Å². The molecular formula is C12H8N+. The van der Waals surface area contributed by atoms with Crippen LogP contribution < -0.4 is 10.6 Å². The van der Waals surface area contributed by atoms with Crippen molar-refractivity contribution in [2.24, 2.45) is 0 Å². The SMILES string of the molecule is [C+]1=c2cc3ccccn3c2=CC=C1. The Morgan fingerprint density at radius 2 is 2.23 bits per heavy atom. The van der Waals surface area contributed by atoms with Crippen LogP contribution in [0.1, 0.15) is 0 Å². The topological polar surface area (TPSA) is 4.41 Å². The molecule has 2 heterocycles. The maximum Gasteiger partial charge on any atom is 0.174 e. The molecule has 13 heavy (non-hydrogen) atoms. The molecule has 0 N–H and O–H groups in total. The van der Waals surface area contributed by atoms with Crippen molar-refractivity contribution in [2.45, 2.75) is 0 Å². The Bertz CT molecular complexity index is 600. The van der Waals surface area contributed by atoms with E-state index in [1.807, 2.05) is 24.3 Å². The van der Waals surface area contributed by atoms with Gasteiger partial charge in [-0.15, -0.1) is 0 Å². The van der Waals surface area contributed by atoms with Crippen molar-refractivity contribution in [3.05, 3.63) is 53.2 Å². The van der Waals surface area contributed by atoms with Crippen LogP contribution in [0.3, 0.4) is 0 Å². The van der Waals surface area contributed by atoms with Crippen LogP contribution in [-0.4, -0.2) is 4.40 Å². The molecule has 0 saturated carbocycles. The van der Waals surface area contributed by atoms with Gasteiger partial charge < -0.3 is 0 Å². The highest BCUT2D eigenvalue weighted by atomic mass is 14.9. The fourth-order valence-corrected chi connectivity index (χ4v) is 1.71. The van der Waals surface area contributed by atoms with Gasteiger partial charge in [-0.1, -0.05) is 6.07 Å². The highest BCUT2D eigenvalue weighted by Gasteiger charge is 2.04. The van der Waals surface area contributed by atoms with Gasteiger partial charge in [-0.25, -0.2) is 0 Å². The van der Waals surface area contributed by atoms with Crippen molar-refractivity contribution < 1.29 is 0 Å². The van der Waals surface area contributed by atoms with E-state index in [9.17, 15) is 0 Å². The molecule has 0 radical (unpaired) electrons. The first-order chi connectivity index (χ1) is 6.45. The van der Waals surface area contributed by atoms with Crippen LogP contribution in [0.15, 0.2) is 42.6 Å². The Balaban J connectivity index is 2.66. The Hall–Kier alpha value is -1.85. The van der Waals surface area contributed by atoms with Crippen LogP contribution >= 0.6 is 0 Å². The van der Waals surface area contributed by atoms with Crippen LogP contribution in [0.25, 0.3) is 17.7 Å². The molecule has 0 amide bonds. The number of aromatic nitrogens is 1.